The van der Waals surface area contributed by atoms with Crippen molar-refractivity contribution in [1.29, 1.82) is 0 Å². The number of aryl methyl sites for hydroxylation is 2. The van der Waals surface area contributed by atoms with Gasteiger partial charge in [-0.2, -0.15) is 0 Å². The zero-order valence-corrected chi connectivity index (χ0v) is 17.5. The molecular formula is C22H29N5O3. The van der Waals surface area contributed by atoms with Gasteiger partial charge in [0.15, 0.2) is 0 Å². The molecule has 8 nitrogen and oxygen atoms in total. The first kappa shape index (κ1) is 20.4. The summed E-state index contributed by atoms with van der Waals surface area (Å²) in [7, 11) is 0. The molecule has 0 aliphatic carbocycles. The lowest BCUT2D eigenvalue weighted by Crippen LogP contribution is -2.41. The Kier molecular flexibility index (Phi) is 6.30. The largest absolute Gasteiger partial charge is 0.491 e. The molecule has 160 valence electrons. The number of fused-ring (bicyclic) bond motifs is 6. The Labute approximate surface area is 176 Å². The molecule has 1 aromatic carbocycles. The highest BCUT2D eigenvalue weighted by Crippen LogP contribution is 2.24. The second-order valence-electron chi connectivity index (χ2n) is 8.20. The molecule has 2 amide bonds. The molecule has 1 saturated heterocycles. The molecular weight excluding hydrogens is 382 g/mol. The van der Waals surface area contributed by atoms with Gasteiger partial charge in [-0.3, -0.25) is 9.59 Å². The zero-order valence-electron chi connectivity index (χ0n) is 17.5. The minimum atomic E-state index is 0.0287. The van der Waals surface area contributed by atoms with Gasteiger partial charge in [-0.15, -0.1) is 5.10 Å². The van der Waals surface area contributed by atoms with Crippen molar-refractivity contribution in [3.8, 4) is 5.75 Å². The van der Waals surface area contributed by atoms with Gasteiger partial charge in [-0.25, -0.2) is 4.68 Å². The molecule has 1 fully saturated rings. The third-order valence-corrected chi connectivity index (χ3v) is 5.89. The maximum Gasteiger partial charge on any atom is 0.253 e. The van der Waals surface area contributed by atoms with Crippen LogP contribution in [0.25, 0.3) is 0 Å². The Balaban J connectivity index is 1.53. The van der Waals surface area contributed by atoms with Crippen molar-refractivity contribution in [2.24, 2.45) is 5.92 Å². The fourth-order valence-electron chi connectivity index (χ4n) is 4.11. The van der Waals surface area contributed by atoms with Crippen molar-refractivity contribution in [3.63, 3.8) is 0 Å². The number of carbonyl (C=O) groups excluding carboxylic acids is 2. The van der Waals surface area contributed by atoms with E-state index >= 15 is 0 Å². The number of piperidine rings is 1. The van der Waals surface area contributed by atoms with Crippen molar-refractivity contribution in [1.82, 2.24) is 25.2 Å². The maximum absolute atomic E-state index is 13.1. The molecule has 30 heavy (non-hydrogen) atoms. The topological polar surface area (TPSA) is 89.3 Å². The van der Waals surface area contributed by atoms with Crippen LogP contribution in [0.15, 0.2) is 24.4 Å². The molecule has 0 spiro atoms. The monoisotopic (exact) mass is 411 g/mol. The minimum absolute atomic E-state index is 0.0287. The number of aromatic nitrogens is 3. The average Bonchev–Trinajstić information content (AvgIpc) is 3.20. The van der Waals surface area contributed by atoms with E-state index in [0.717, 1.165) is 49.4 Å². The van der Waals surface area contributed by atoms with Crippen molar-refractivity contribution in [2.45, 2.75) is 45.6 Å². The first-order valence-corrected chi connectivity index (χ1v) is 10.8. The lowest BCUT2D eigenvalue weighted by atomic mass is 9.94. The van der Waals surface area contributed by atoms with Crippen molar-refractivity contribution < 1.29 is 14.3 Å². The molecule has 1 N–H and O–H groups in total. The van der Waals surface area contributed by atoms with Crippen molar-refractivity contribution in [2.75, 3.05) is 26.2 Å². The number of nitrogens with zero attached hydrogens (tertiary/aromatic N) is 4. The SMILES string of the molecule is Cc1ccc2cc1OCCn1cc(nn1)CCC(=O)NCCC1CCCN(C1)C2=O. The van der Waals surface area contributed by atoms with E-state index in [-0.39, 0.29) is 11.8 Å². The van der Waals surface area contributed by atoms with Crippen LogP contribution in [-0.4, -0.2) is 57.9 Å². The lowest BCUT2D eigenvalue weighted by molar-refractivity contribution is -0.121. The van der Waals surface area contributed by atoms with E-state index in [1.54, 1.807) is 4.68 Å². The molecule has 1 aromatic heterocycles. The number of benzene rings is 1. The summed E-state index contributed by atoms with van der Waals surface area (Å²) in [6, 6.07) is 5.67. The van der Waals surface area contributed by atoms with E-state index in [9.17, 15) is 9.59 Å². The molecule has 3 heterocycles. The highest BCUT2D eigenvalue weighted by Gasteiger charge is 2.25. The summed E-state index contributed by atoms with van der Waals surface area (Å²) >= 11 is 0. The summed E-state index contributed by atoms with van der Waals surface area (Å²) in [5.41, 5.74) is 2.46. The summed E-state index contributed by atoms with van der Waals surface area (Å²) < 4.78 is 7.68. The van der Waals surface area contributed by atoms with Gasteiger partial charge in [0.1, 0.15) is 12.4 Å². The molecule has 6 bridgehead atoms. The predicted octanol–water partition coefficient (Wildman–Crippen LogP) is 1.97. The molecule has 1 unspecified atom stereocenters. The van der Waals surface area contributed by atoms with Gasteiger partial charge in [0, 0.05) is 44.2 Å². The number of hydrogen-bond donors (Lipinski definition) is 1. The molecule has 8 heteroatoms. The maximum atomic E-state index is 13.1. The van der Waals surface area contributed by atoms with Gasteiger partial charge in [0.2, 0.25) is 5.91 Å². The number of carbonyl (C=O) groups is 2. The van der Waals surface area contributed by atoms with Crippen LogP contribution in [0.3, 0.4) is 0 Å². The van der Waals surface area contributed by atoms with Crippen LogP contribution in [0.4, 0.5) is 0 Å². The van der Waals surface area contributed by atoms with Gasteiger partial charge >= 0.3 is 0 Å². The molecule has 4 rings (SSSR count). The number of nitrogens with one attached hydrogen (secondary N) is 1. The summed E-state index contributed by atoms with van der Waals surface area (Å²) in [5.74, 6) is 1.21. The number of rotatable bonds is 0. The summed E-state index contributed by atoms with van der Waals surface area (Å²) in [5, 5.41) is 11.3. The zero-order chi connectivity index (χ0) is 20.9. The van der Waals surface area contributed by atoms with Gasteiger partial charge in [0.25, 0.3) is 5.91 Å². The van der Waals surface area contributed by atoms with E-state index in [2.05, 4.69) is 15.6 Å². The van der Waals surface area contributed by atoms with E-state index in [1.165, 1.54) is 0 Å². The summed E-state index contributed by atoms with van der Waals surface area (Å²) in [6.45, 7) is 5.10. The molecule has 0 radical (unpaired) electrons. The first-order chi connectivity index (χ1) is 14.6. The van der Waals surface area contributed by atoms with Crippen LogP contribution in [-0.2, 0) is 17.8 Å². The number of hydrogen-bond acceptors (Lipinski definition) is 5. The third kappa shape index (κ3) is 4.98. The summed E-state index contributed by atoms with van der Waals surface area (Å²) in [6.07, 6.45) is 5.79. The average molecular weight is 412 g/mol. The molecule has 2 aromatic rings. The van der Waals surface area contributed by atoms with Crippen LogP contribution in [0.5, 0.6) is 5.75 Å². The van der Waals surface area contributed by atoms with Gasteiger partial charge in [-0.05, 0) is 49.8 Å². The molecule has 0 saturated carbocycles. The van der Waals surface area contributed by atoms with E-state index < -0.39 is 0 Å². The fourth-order valence-corrected chi connectivity index (χ4v) is 4.11. The Bertz CT molecular complexity index is 910. The van der Waals surface area contributed by atoms with Crippen molar-refractivity contribution in [3.05, 3.63) is 41.2 Å². The Morgan fingerprint density at radius 3 is 2.97 bits per heavy atom. The van der Waals surface area contributed by atoms with E-state index in [0.29, 0.717) is 44.0 Å². The third-order valence-electron chi connectivity index (χ3n) is 5.89. The molecule has 2 aliphatic rings. The first-order valence-electron chi connectivity index (χ1n) is 10.8. The van der Waals surface area contributed by atoms with Crippen LogP contribution >= 0.6 is 0 Å². The van der Waals surface area contributed by atoms with E-state index in [4.69, 9.17) is 4.74 Å². The number of amides is 2. The molecule has 2 aliphatic heterocycles. The smallest absolute Gasteiger partial charge is 0.253 e. The Morgan fingerprint density at radius 1 is 1.17 bits per heavy atom. The minimum Gasteiger partial charge on any atom is -0.491 e. The van der Waals surface area contributed by atoms with Gasteiger partial charge in [-0.1, -0.05) is 11.3 Å². The van der Waals surface area contributed by atoms with Crippen LogP contribution < -0.4 is 10.1 Å². The Hall–Kier alpha value is -2.90. The highest BCUT2D eigenvalue weighted by molar-refractivity contribution is 5.94. The second-order valence-corrected chi connectivity index (χ2v) is 8.20. The van der Waals surface area contributed by atoms with Crippen LogP contribution in [0, 0.1) is 12.8 Å². The van der Waals surface area contributed by atoms with Crippen LogP contribution in [0.1, 0.15) is 47.3 Å². The van der Waals surface area contributed by atoms with Gasteiger partial charge in [0.05, 0.1) is 12.2 Å². The normalized spacial score (nSPS) is 21.1. The fraction of sp³-hybridized carbons (Fsp3) is 0.545. The lowest BCUT2D eigenvalue weighted by Gasteiger charge is -2.33. The highest BCUT2D eigenvalue weighted by atomic mass is 16.5. The van der Waals surface area contributed by atoms with Crippen molar-refractivity contribution >= 4 is 11.8 Å². The Morgan fingerprint density at radius 2 is 2.07 bits per heavy atom. The van der Waals surface area contributed by atoms with E-state index in [1.807, 2.05) is 36.2 Å². The van der Waals surface area contributed by atoms with Gasteiger partial charge < -0.3 is 15.0 Å². The number of ether oxygens (including phenoxy) is 1. The summed E-state index contributed by atoms with van der Waals surface area (Å²) in [4.78, 5) is 27.2. The quantitative estimate of drug-likeness (QED) is 0.716. The second kappa shape index (κ2) is 9.28. The standard InChI is InChI=1S/C22H29N5O3/c1-16-4-5-18-13-20(16)30-12-11-27-15-19(24-25-27)6-7-21(28)23-9-8-17-3-2-10-26(14-17)22(18)29/h4-5,13,15,17H,2-3,6-12,14H2,1H3,(H,23,28). The van der Waals surface area contributed by atoms with Crippen LogP contribution in [0.2, 0.25) is 0 Å². The molecule has 1 atom stereocenters. The predicted molar refractivity (Wildman–Crippen MR) is 111 cm³/mol.